The summed E-state index contributed by atoms with van der Waals surface area (Å²) in [5.41, 5.74) is 6.91. The largest absolute Gasteiger partial charge is 0.352 e. The Labute approximate surface area is 147 Å². The van der Waals surface area contributed by atoms with Crippen molar-refractivity contribution in [3.05, 3.63) is 70.7 Å². The van der Waals surface area contributed by atoms with Crippen LogP contribution < -0.4 is 5.32 Å². The molecular formula is C21H23N3O. The number of rotatable bonds is 3. The maximum atomic E-state index is 12.6. The molecule has 1 atom stereocenters. The third-order valence-electron chi connectivity index (χ3n) is 5.09. The third-order valence-corrected chi connectivity index (χ3v) is 5.09. The van der Waals surface area contributed by atoms with Gasteiger partial charge in [0.25, 0.3) is 0 Å². The molecule has 1 unspecified atom stereocenters. The summed E-state index contributed by atoms with van der Waals surface area (Å²) in [7, 11) is 0. The van der Waals surface area contributed by atoms with Gasteiger partial charge in [-0.05, 0) is 49.9 Å². The van der Waals surface area contributed by atoms with Crippen LogP contribution in [0.15, 0.2) is 42.6 Å². The minimum atomic E-state index is 0.0270. The number of hydrogen-bond donors (Lipinski definition) is 1. The van der Waals surface area contributed by atoms with Crippen LogP contribution in [0.25, 0.3) is 5.65 Å². The molecule has 0 saturated heterocycles. The topological polar surface area (TPSA) is 46.4 Å². The van der Waals surface area contributed by atoms with E-state index in [-0.39, 0.29) is 11.8 Å². The van der Waals surface area contributed by atoms with E-state index in [1.54, 1.807) is 0 Å². The smallest absolute Gasteiger partial charge is 0.223 e. The van der Waals surface area contributed by atoms with E-state index in [1.165, 1.54) is 16.8 Å². The molecule has 0 bridgehead atoms. The average molecular weight is 333 g/mol. The molecule has 4 rings (SSSR count). The highest BCUT2D eigenvalue weighted by Crippen LogP contribution is 2.27. The molecule has 4 heteroatoms. The summed E-state index contributed by atoms with van der Waals surface area (Å²) in [6.45, 7) is 4.74. The van der Waals surface area contributed by atoms with Crippen LogP contribution in [0, 0.1) is 19.8 Å². The van der Waals surface area contributed by atoms with Gasteiger partial charge in [-0.3, -0.25) is 4.79 Å². The van der Waals surface area contributed by atoms with Crippen molar-refractivity contribution in [2.45, 2.75) is 39.7 Å². The van der Waals surface area contributed by atoms with E-state index in [2.05, 4.69) is 66.2 Å². The van der Waals surface area contributed by atoms with Gasteiger partial charge in [-0.15, -0.1) is 0 Å². The molecule has 4 nitrogen and oxygen atoms in total. The minimum Gasteiger partial charge on any atom is -0.352 e. The summed E-state index contributed by atoms with van der Waals surface area (Å²) >= 11 is 0. The lowest BCUT2D eigenvalue weighted by molar-refractivity contribution is -0.125. The van der Waals surface area contributed by atoms with Crippen LogP contribution in [0.4, 0.5) is 0 Å². The minimum absolute atomic E-state index is 0.0270. The van der Waals surface area contributed by atoms with Crippen molar-refractivity contribution < 1.29 is 4.79 Å². The van der Waals surface area contributed by atoms with E-state index in [1.807, 2.05) is 0 Å². The Morgan fingerprint density at radius 1 is 1.20 bits per heavy atom. The maximum absolute atomic E-state index is 12.6. The Morgan fingerprint density at radius 3 is 2.80 bits per heavy atom. The molecule has 0 spiro atoms. The van der Waals surface area contributed by atoms with Gasteiger partial charge in [0.2, 0.25) is 5.91 Å². The molecule has 3 aromatic rings. The van der Waals surface area contributed by atoms with Crippen LogP contribution in [-0.4, -0.2) is 15.3 Å². The molecule has 1 aliphatic rings. The Morgan fingerprint density at radius 2 is 2.00 bits per heavy atom. The van der Waals surface area contributed by atoms with Gasteiger partial charge < -0.3 is 9.72 Å². The van der Waals surface area contributed by atoms with Gasteiger partial charge in [0, 0.05) is 30.8 Å². The number of fused-ring (bicyclic) bond motifs is 3. The molecule has 0 fully saturated rings. The van der Waals surface area contributed by atoms with Crippen molar-refractivity contribution in [3.8, 4) is 0 Å². The summed E-state index contributed by atoms with van der Waals surface area (Å²) < 4.78 is 2.14. The first-order valence-corrected chi connectivity index (χ1v) is 8.90. The number of pyridine rings is 1. The van der Waals surface area contributed by atoms with Crippen LogP contribution in [0.1, 0.15) is 34.5 Å². The Kier molecular flexibility index (Phi) is 4.04. The predicted molar refractivity (Wildman–Crippen MR) is 98.5 cm³/mol. The fourth-order valence-corrected chi connectivity index (χ4v) is 3.57. The van der Waals surface area contributed by atoms with E-state index < -0.39 is 0 Å². The number of nitrogens with one attached hydrogen (secondary N) is 1. The number of benzene rings is 1. The molecule has 1 amide bonds. The molecular weight excluding hydrogens is 310 g/mol. The molecule has 0 radical (unpaired) electrons. The lowest BCUT2D eigenvalue weighted by Gasteiger charge is -2.21. The third kappa shape index (κ3) is 3.16. The first-order valence-electron chi connectivity index (χ1n) is 8.90. The lowest BCUT2D eigenvalue weighted by Crippen LogP contribution is -2.34. The van der Waals surface area contributed by atoms with Crippen molar-refractivity contribution in [2.24, 2.45) is 5.92 Å². The molecule has 128 valence electrons. The number of hydrogen-bond acceptors (Lipinski definition) is 2. The van der Waals surface area contributed by atoms with E-state index in [4.69, 9.17) is 4.98 Å². The fourth-order valence-electron chi connectivity index (χ4n) is 3.57. The van der Waals surface area contributed by atoms with E-state index in [9.17, 15) is 4.79 Å². The maximum Gasteiger partial charge on any atom is 0.223 e. The fraction of sp³-hybridized carbons (Fsp3) is 0.333. The van der Waals surface area contributed by atoms with Gasteiger partial charge in [-0.25, -0.2) is 4.98 Å². The molecule has 1 aliphatic carbocycles. The van der Waals surface area contributed by atoms with Gasteiger partial charge in [0.1, 0.15) is 5.65 Å². The molecule has 0 aliphatic heterocycles. The molecule has 2 heterocycles. The number of carbonyl (C=O) groups is 1. The molecule has 25 heavy (non-hydrogen) atoms. The number of carbonyl (C=O) groups excluding carboxylic acids is 1. The van der Waals surface area contributed by atoms with E-state index in [0.717, 1.165) is 36.2 Å². The van der Waals surface area contributed by atoms with Gasteiger partial charge in [0.05, 0.1) is 5.69 Å². The second kappa shape index (κ2) is 6.36. The normalized spacial score (nSPS) is 16.6. The molecule has 1 aromatic carbocycles. The van der Waals surface area contributed by atoms with Crippen LogP contribution in [-0.2, 0) is 24.2 Å². The predicted octanol–water partition coefficient (Wildman–Crippen LogP) is 3.37. The first-order chi connectivity index (χ1) is 12.1. The van der Waals surface area contributed by atoms with Crippen molar-refractivity contribution in [3.63, 3.8) is 0 Å². The monoisotopic (exact) mass is 333 g/mol. The van der Waals surface area contributed by atoms with Gasteiger partial charge in [0.15, 0.2) is 0 Å². The zero-order chi connectivity index (χ0) is 17.4. The second-order valence-corrected chi connectivity index (χ2v) is 7.08. The van der Waals surface area contributed by atoms with Crippen molar-refractivity contribution in [1.29, 1.82) is 0 Å². The molecule has 0 saturated carbocycles. The SMILES string of the molecule is Cc1ccc(CNC(=O)C2CCc3nc4cc(C)ccn4c3C2)cc1. The van der Waals surface area contributed by atoms with Crippen molar-refractivity contribution >= 4 is 11.6 Å². The first kappa shape index (κ1) is 15.9. The van der Waals surface area contributed by atoms with Crippen LogP contribution >= 0.6 is 0 Å². The number of aromatic nitrogens is 2. The summed E-state index contributed by atoms with van der Waals surface area (Å²) in [4.78, 5) is 17.4. The van der Waals surface area contributed by atoms with Gasteiger partial charge >= 0.3 is 0 Å². The standard InChI is InChI=1S/C21H23N3O/c1-14-3-5-16(6-4-14)13-22-21(25)17-7-8-18-19(12-17)24-10-9-15(2)11-20(24)23-18/h3-6,9-11,17H,7-8,12-13H2,1-2H3,(H,22,25). The highest BCUT2D eigenvalue weighted by Gasteiger charge is 2.27. The Bertz CT molecular complexity index is 924. The van der Waals surface area contributed by atoms with E-state index >= 15 is 0 Å². The summed E-state index contributed by atoms with van der Waals surface area (Å²) in [6, 6.07) is 12.5. The van der Waals surface area contributed by atoms with Gasteiger partial charge in [-0.2, -0.15) is 0 Å². The average Bonchev–Trinajstić information content (AvgIpc) is 2.97. The number of aryl methyl sites for hydroxylation is 3. The van der Waals surface area contributed by atoms with Crippen molar-refractivity contribution in [2.75, 3.05) is 0 Å². The van der Waals surface area contributed by atoms with Gasteiger partial charge in [-0.1, -0.05) is 29.8 Å². The lowest BCUT2D eigenvalue weighted by atomic mass is 9.89. The zero-order valence-electron chi connectivity index (χ0n) is 14.7. The summed E-state index contributed by atoms with van der Waals surface area (Å²) in [5, 5.41) is 3.10. The quantitative estimate of drug-likeness (QED) is 0.799. The number of imidazole rings is 1. The second-order valence-electron chi connectivity index (χ2n) is 7.08. The van der Waals surface area contributed by atoms with Crippen LogP contribution in [0.3, 0.4) is 0 Å². The van der Waals surface area contributed by atoms with E-state index in [0.29, 0.717) is 6.54 Å². The van der Waals surface area contributed by atoms with Crippen LogP contribution in [0.5, 0.6) is 0 Å². The molecule has 2 aromatic heterocycles. The number of nitrogens with zero attached hydrogens (tertiary/aromatic N) is 2. The van der Waals surface area contributed by atoms with Crippen LogP contribution in [0.2, 0.25) is 0 Å². The number of amides is 1. The molecule has 1 N–H and O–H groups in total. The highest BCUT2D eigenvalue weighted by atomic mass is 16.1. The highest BCUT2D eigenvalue weighted by molar-refractivity contribution is 5.79. The van der Waals surface area contributed by atoms with Crippen molar-refractivity contribution in [1.82, 2.24) is 14.7 Å². The Balaban J connectivity index is 1.47. The Hall–Kier alpha value is -2.62. The summed E-state index contributed by atoms with van der Waals surface area (Å²) in [5.74, 6) is 0.174. The zero-order valence-corrected chi connectivity index (χ0v) is 14.7. The summed E-state index contributed by atoms with van der Waals surface area (Å²) in [6.07, 6.45) is 4.58.